The maximum atomic E-state index is 13.1. The van der Waals surface area contributed by atoms with Crippen LogP contribution in [0.25, 0.3) is 0 Å². The molecule has 0 unspecified atom stereocenters. The molecule has 138 valence electrons. The first-order valence-electron chi connectivity index (χ1n) is 8.71. The number of benzene rings is 1. The van der Waals surface area contributed by atoms with Gasteiger partial charge in [-0.1, -0.05) is 30.3 Å². The number of hydrogen-bond acceptors (Lipinski definition) is 5. The number of carbonyl (C=O) groups excluding carboxylic acids is 2. The van der Waals surface area contributed by atoms with Crippen LogP contribution in [-0.2, 0) is 14.3 Å². The average Bonchev–Trinajstić information content (AvgIpc) is 2.59. The Labute approximate surface area is 149 Å². The van der Waals surface area contributed by atoms with Crippen molar-refractivity contribution in [3.8, 4) is 0 Å². The Kier molecular flexibility index (Phi) is 6.19. The Morgan fingerprint density at radius 3 is 2.28 bits per heavy atom. The monoisotopic (exact) mass is 347 g/mol. The zero-order valence-electron chi connectivity index (χ0n) is 15.5. The molecule has 1 aromatic rings. The van der Waals surface area contributed by atoms with Gasteiger partial charge in [-0.05, 0) is 52.3 Å². The minimum Gasteiger partial charge on any atom is -0.468 e. The van der Waals surface area contributed by atoms with Crippen molar-refractivity contribution in [2.45, 2.75) is 50.7 Å². The van der Waals surface area contributed by atoms with E-state index in [0.29, 0.717) is 25.9 Å². The maximum Gasteiger partial charge on any atom is 0.327 e. The molecule has 3 N–H and O–H groups in total. The first-order valence-corrected chi connectivity index (χ1v) is 8.71. The van der Waals surface area contributed by atoms with Gasteiger partial charge in [-0.15, -0.1) is 0 Å². The summed E-state index contributed by atoms with van der Waals surface area (Å²) in [5, 5.41) is 9.67. The minimum atomic E-state index is -0.812. The molecule has 0 saturated carbocycles. The van der Waals surface area contributed by atoms with Gasteiger partial charge in [-0.25, -0.2) is 4.79 Å². The molecule has 1 aliphatic heterocycles. The molecule has 0 aromatic heterocycles. The van der Waals surface area contributed by atoms with Crippen LogP contribution in [0.5, 0.6) is 0 Å². The predicted octanol–water partition coefficient (Wildman–Crippen LogP) is 1.53. The third-order valence-corrected chi connectivity index (χ3v) is 4.37. The summed E-state index contributed by atoms with van der Waals surface area (Å²) < 4.78 is 4.99. The largest absolute Gasteiger partial charge is 0.468 e. The molecule has 0 radical (unpaired) electrons. The molecule has 1 heterocycles. The molecule has 1 fully saturated rings. The molecule has 1 amide bonds. The summed E-state index contributed by atoms with van der Waals surface area (Å²) in [7, 11) is 1.37. The van der Waals surface area contributed by atoms with Gasteiger partial charge in [0.2, 0.25) is 5.91 Å². The quantitative estimate of drug-likeness (QED) is 0.704. The molecule has 1 saturated heterocycles. The van der Waals surface area contributed by atoms with E-state index in [1.54, 1.807) is 0 Å². The van der Waals surface area contributed by atoms with E-state index in [-0.39, 0.29) is 11.4 Å². The standard InChI is InChI=1S/C19H29N3O3/c1-18(2,3)22-17(24)19(10-12-20-13-11-19)21-15(16(23)25-4)14-8-6-5-7-9-14/h5-9,15,20-21H,10-13H2,1-4H3,(H,22,24)/t15-/m0/s1. The van der Waals surface area contributed by atoms with Crippen LogP contribution in [0.2, 0.25) is 0 Å². The third kappa shape index (κ3) is 5.03. The Bertz CT molecular complexity index is 590. The van der Waals surface area contributed by atoms with Gasteiger partial charge in [0.15, 0.2) is 0 Å². The summed E-state index contributed by atoms with van der Waals surface area (Å²) in [6.45, 7) is 7.29. The van der Waals surface area contributed by atoms with Crippen molar-refractivity contribution in [2.24, 2.45) is 0 Å². The molecule has 1 atom stereocenters. The Morgan fingerprint density at radius 1 is 1.16 bits per heavy atom. The number of rotatable bonds is 5. The minimum absolute atomic E-state index is 0.0775. The second-order valence-corrected chi connectivity index (χ2v) is 7.55. The van der Waals surface area contributed by atoms with E-state index in [4.69, 9.17) is 4.74 Å². The number of hydrogen-bond donors (Lipinski definition) is 3. The zero-order valence-corrected chi connectivity index (χ0v) is 15.5. The number of carbonyl (C=O) groups is 2. The SMILES string of the molecule is COC(=O)[C@@H](NC1(C(=O)NC(C)(C)C)CCNCC1)c1ccccc1. The Hall–Kier alpha value is -1.92. The maximum absolute atomic E-state index is 13.1. The highest BCUT2D eigenvalue weighted by Crippen LogP contribution is 2.26. The van der Waals surface area contributed by atoms with Crippen LogP contribution >= 0.6 is 0 Å². The van der Waals surface area contributed by atoms with Crippen molar-refractivity contribution in [3.63, 3.8) is 0 Å². The van der Waals surface area contributed by atoms with E-state index < -0.39 is 17.6 Å². The molecule has 1 aliphatic rings. The second kappa shape index (κ2) is 7.97. The van der Waals surface area contributed by atoms with Crippen molar-refractivity contribution >= 4 is 11.9 Å². The summed E-state index contributed by atoms with van der Waals surface area (Å²) in [5.41, 5.74) is -0.368. The van der Waals surface area contributed by atoms with Crippen molar-refractivity contribution < 1.29 is 14.3 Å². The lowest BCUT2D eigenvalue weighted by Crippen LogP contribution is -2.65. The fraction of sp³-hybridized carbons (Fsp3) is 0.579. The summed E-state index contributed by atoms with van der Waals surface area (Å²) in [6, 6.07) is 8.68. The van der Waals surface area contributed by atoms with Gasteiger partial charge in [0.25, 0.3) is 0 Å². The smallest absolute Gasteiger partial charge is 0.327 e. The van der Waals surface area contributed by atoms with Gasteiger partial charge in [-0.3, -0.25) is 10.1 Å². The molecular weight excluding hydrogens is 318 g/mol. The van der Waals surface area contributed by atoms with Crippen LogP contribution in [0.1, 0.15) is 45.2 Å². The predicted molar refractivity (Wildman–Crippen MR) is 97.1 cm³/mol. The molecular formula is C19H29N3O3. The van der Waals surface area contributed by atoms with Gasteiger partial charge < -0.3 is 15.4 Å². The molecule has 6 heteroatoms. The van der Waals surface area contributed by atoms with Crippen LogP contribution in [0.4, 0.5) is 0 Å². The lowest BCUT2D eigenvalue weighted by molar-refractivity contribution is -0.145. The molecule has 6 nitrogen and oxygen atoms in total. The van der Waals surface area contributed by atoms with Crippen LogP contribution in [0.15, 0.2) is 30.3 Å². The fourth-order valence-electron chi connectivity index (χ4n) is 3.07. The van der Waals surface area contributed by atoms with Crippen molar-refractivity contribution in [3.05, 3.63) is 35.9 Å². The van der Waals surface area contributed by atoms with Crippen molar-refractivity contribution in [2.75, 3.05) is 20.2 Å². The van der Waals surface area contributed by atoms with Crippen LogP contribution in [0, 0.1) is 0 Å². The summed E-state index contributed by atoms with van der Waals surface area (Å²) in [4.78, 5) is 25.5. The molecule has 0 aliphatic carbocycles. The van der Waals surface area contributed by atoms with Crippen LogP contribution in [0.3, 0.4) is 0 Å². The highest BCUT2D eigenvalue weighted by Gasteiger charge is 2.43. The van der Waals surface area contributed by atoms with E-state index in [0.717, 1.165) is 5.56 Å². The lowest BCUT2D eigenvalue weighted by atomic mass is 9.84. The Balaban J connectivity index is 2.32. The second-order valence-electron chi connectivity index (χ2n) is 7.55. The highest BCUT2D eigenvalue weighted by atomic mass is 16.5. The molecule has 0 spiro atoms. The number of nitrogens with one attached hydrogen (secondary N) is 3. The van der Waals surface area contributed by atoms with E-state index in [2.05, 4.69) is 16.0 Å². The Morgan fingerprint density at radius 2 is 1.76 bits per heavy atom. The number of piperidine rings is 1. The van der Waals surface area contributed by atoms with Gasteiger partial charge in [0, 0.05) is 5.54 Å². The van der Waals surface area contributed by atoms with Gasteiger partial charge >= 0.3 is 5.97 Å². The normalized spacial score (nSPS) is 18.2. The van der Waals surface area contributed by atoms with E-state index in [1.165, 1.54) is 7.11 Å². The van der Waals surface area contributed by atoms with Crippen LogP contribution < -0.4 is 16.0 Å². The first kappa shape index (κ1) is 19.4. The number of esters is 1. The van der Waals surface area contributed by atoms with E-state index in [9.17, 15) is 9.59 Å². The van der Waals surface area contributed by atoms with E-state index in [1.807, 2.05) is 51.1 Å². The summed E-state index contributed by atoms with van der Waals surface area (Å²) >= 11 is 0. The first-order chi connectivity index (χ1) is 11.8. The number of ether oxygens (including phenoxy) is 1. The molecule has 25 heavy (non-hydrogen) atoms. The summed E-state index contributed by atoms with van der Waals surface area (Å²) in [6.07, 6.45) is 1.21. The van der Waals surface area contributed by atoms with E-state index >= 15 is 0 Å². The number of methoxy groups -OCH3 is 1. The third-order valence-electron chi connectivity index (χ3n) is 4.37. The van der Waals surface area contributed by atoms with Gasteiger partial charge in [0.1, 0.15) is 11.6 Å². The molecule has 0 bridgehead atoms. The molecule has 1 aromatic carbocycles. The van der Waals surface area contributed by atoms with Crippen LogP contribution in [-0.4, -0.2) is 43.2 Å². The van der Waals surface area contributed by atoms with Crippen molar-refractivity contribution in [1.82, 2.24) is 16.0 Å². The molecule has 2 rings (SSSR count). The van der Waals surface area contributed by atoms with Gasteiger partial charge in [-0.2, -0.15) is 0 Å². The van der Waals surface area contributed by atoms with Crippen molar-refractivity contribution in [1.29, 1.82) is 0 Å². The topological polar surface area (TPSA) is 79.5 Å². The number of amides is 1. The average molecular weight is 347 g/mol. The zero-order chi connectivity index (χ0) is 18.5. The summed E-state index contributed by atoms with van der Waals surface area (Å²) in [5.74, 6) is -0.473. The van der Waals surface area contributed by atoms with Gasteiger partial charge in [0.05, 0.1) is 7.11 Å². The lowest BCUT2D eigenvalue weighted by Gasteiger charge is -2.41. The highest BCUT2D eigenvalue weighted by molar-refractivity contribution is 5.88. The fourth-order valence-corrected chi connectivity index (χ4v) is 3.07.